The van der Waals surface area contributed by atoms with Gasteiger partial charge >= 0.3 is 13.7 Å². The van der Waals surface area contributed by atoms with Gasteiger partial charge < -0.3 is 25.2 Å². The van der Waals surface area contributed by atoms with Crippen LogP contribution in [-0.2, 0) is 27.1 Å². The molecule has 0 fully saturated rings. The van der Waals surface area contributed by atoms with E-state index in [1.807, 2.05) is 18.2 Å². The Hall–Kier alpha value is -2.67. The first-order valence-corrected chi connectivity index (χ1v) is 10.3. The summed E-state index contributed by atoms with van der Waals surface area (Å²) in [5, 5.41) is 4.66. The summed E-state index contributed by atoms with van der Waals surface area (Å²) >= 11 is 0. The smallest absolute Gasteiger partial charge is 0.408 e. The van der Waals surface area contributed by atoms with Gasteiger partial charge in [-0.2, -0.15) is 0 Å². The van der Waals surface area contributed by atoms with Crippen LogP contribution in [0.4, 0.5) is 4.79 Å². The fourth-order valence-corrected chi connectivity index (χ4v) is 3.13. The summed E-state index contributed by atoms with van der Waals surface area (Å²) in [6.45, 7) is 1.44. The van der Waals surface area contributed by atoms with E-state index in [2.05, 4.69) is 10.6 Å². The van der Waals surface area contributed by atoms with Crippen molar-refractivity contribution >= 4 is 19.6 Å². The molecule has 0 radical (unpaired) electrons. The van der Waals surface area contributed by atoms with Gasteiger partial charge in [0.05, 0.1) is 0 Å². The number of hydrogen-bond donors (Lipinski definition) is 4. The van der Waals surface area contributed by atoms with E-state index in [4.69, 9.17) is 4.74 Å². The largest absolute Gasteiger partial charge is 0.445 e. The zero-order valence-corrected chi connectivity index (χ0v) is 16.2. The number of rotatable bonds is 8. The molecule has 0 bridgehead atoms. The zero-order chi connectivity index (χ0) is 20.6. The van der Waals surface area contributed by atoms with Crippen molar-refractivity contribution in [2.24, 2.45) is 0 Å². The van der Waals surface area contributed by atoms with Crippen molar-refractivity contribution in [2.45, 2.75) is 31.8 Å². The van der Waals surface area contributed by atoms with Crippen molar-refractivity contribution < 1.29 is 28.7 Å². The minimum Gasteiger partial charge on any atom is -0.445 e. The van der Waals surface area contributed by atoms with Crippen molar-refractivity contribution in [3.63, 3.8) is 0 Å². The number of carbonyl (C=O) groups is 2. The summed E-state index contributed by atoms with van der Waals surface area (Å²) in [7, 11) is -4.60. The molecule has 8 nitrogen and oxygen atoms in total. The van der Waals surface area contributed by atoms with Crippen molar-refractivity contribution in [1.29, 1.82) is 0 Å². The molecule has 2 unspecified atom stereocenters. The molecule has 0 saturated heterocycles. The Balaban J connectivity index is 1.89. The van der Waals surface area contributed by atoms with Gasteiger partial charge in [0.15, 0.2) is 0 Å². The monoisotopic (exact) mass is 406 g/mol. The Morgan fingerprint density at radius 2 is 1.50 bits per heavy atom. The number of carbonyl (C=O) groups excluding carboxylic acids is 2. The maximum atomic E-state index is 12.3. The van der Waals surface area contributed by atoms with Crippen LogP contribution in [-0.4, -0.2) is 33.6 Å². The third kappa shape index (κ3) is 7.15. The lowest BCUT2D eigenvalue weighted by Crippen LogP contribution is -2.48. The van der Waals surface area contributed by atoms with E-state index < -0.39 is 31.4 Å². The van der Waals surface area contributed by atoms with Crippen molar-refractivity contribution in [3.05, 3.63) is 71.8 Å². The van der Waals surface area contributed by atoms with Gasteiger partial charge in [-0.15, -0.1) is 0 Å². The van der Waals surface area contributed by atoms with E-state index in [1.165, 1.54) is 6.92 Å². The van der Waals surface area contributed by atoms with Gasteiger partial charge in [-0.1, -0.05) is 60.7 Å². The van der Waals surface area contributed by atoms with Gasteiger partial charge in [-0.05, 0) is 18.1 Å². The predicted octanol–water partition coefficient (Wildman–Crippen LogP) is 2.16. The van der Waals surface area contributed by atoms with E-state index in [1.54, 1.807) is 42.5 Å². The van der Waals surface area contributed by atoms with E-state index in [0.717, 1.165) is 5.56 Å². The van der Waals surface area contributed by atoms with Gasteiger partial charge in [0.25, 0.3) is 0 Å². The van der Waals surface area contributed by atoms with Crippen LogP contribution in [0.25, 0.3) is 0 Å². The fraction of sp³-hybridized carbons (Fsp3) is 0.263. The molecule has 0 saturated carbocycles. The van der Waals surface area contributed by atoms with Crippen LogP contribution < -0.4 is 10.6 Å². The normalized spacial score (nSPS) is 13.2. The van der Waals surface area contributed by atoms with E-state index >= 15 is 0 Å². The molecule has 2 amide bonds. The summed E-state index contributed by atoms with van der Waals surface area (Å²) in [6.07, 6.45) is -0.843. The third-order valence-electron chi connectivity index (χ3n) is 3.93. The Morgan fingerprint density at radius 1 is 0.964 bits per heavy atom. The number of amides is 2. The first kappa shape index (κ1) is 21.6. The molecule has 4 N–H and O–H groups in total. The van der Waals surface area contributed by atoms with Crippen LogP contribution in [0.15, 0.2) is 60.7 Å². The topological polar surface area (TPSA) is 125 Å². The average molecular weight is 406 g/mol. The van der Waals surface area contributed by atoms with Crippen LogP contribution in [0.3, 0.4) is 0 Å². The average Bonchev–Trinajstić information content (AvgIpc) is 2.66. The molecule has 9 heteroatoms. The highest BCUT2D eigenvalue weighted by Crippen LogP contribution is 2.41. The van der Waals surface area contributed by atoms with Crippen LogP contribution in [0.5, 0.6) is 0 Å². The van der Waals surface area contributed by atoms with Gasteiger partial charge in [-0.3, -0.25) is 9.36 Å². The molecule has 150 valence electrons. The molecule has 28 heavy (non-hydrogen) atoms. The standard InChI is InChI=1S/C19H23N2O6P/c1-14(20-19(23)27-13-16-10-6-3-7-11-16)18(22)21-17(28(24,25)26)12-15-8-4-2-5-9-15/h2-11,14,17H,12-13H2,1H3,(H,20,23)(H,21,22)(H2,24,25,26). The van der Waals surface area contributed by atoms with Crippen LogP contribution in [0, 0.1) is 0 Å². The summed E-state index contributed by atoms with van der Waals surface area (Å²) in [4.78, 5) is 43.2. The molecular weight excluding hydrogens is 383 g/mol. The first-order valence-electron chi connectivity index (χ1n) is 8.62. The first-order chi connectivity index (χ1) is 13.3. The summed E-state index contributed by atoms with van der Waals surface area (Å²) in [6, 6.07) is 16.7. The van der Waals surface area contributed by atoms with Crippen molar-refractivity contribution in [1.82, 2.24) is 10.6 Å². The fourth-order valence-electron chi connectivity index (χ4n) is 2.39. The summed E-state index contributed by atoms with van der Waals surface area (Å²) in [5.41, 5.74) is 1.46. The second-order valence-corrected chi connectivity index (χ2v) is 8.03. The van der Waals surface area contributed by atoms with Gasteiger partial charge in [-0.25, -0.2) is 4.79 Å². The Morgan fingerprint density at radius 3 is 2.04 bits per heavy atom. The molecule has 2 aromatic rings. The number of ether oxygens (including phenoxy) is 1. The maximum Gasteiger partial charge on any atom is 0.408 e. The van der Waals surface area contributed by atoms with Crippen molar-refractivity contribution in [3.8, 4) is 0 Å². The molecule has 2 aromatic carbocycles. The molecule has 0 aliphatic heterocycles. The summed E-state index contributed by atoms with van der Waals surface area (Å²) in [5.74, 6) is -2.12. The zero-order valence-electron chi connectivity index (χ0n) is 15.3. The van der Waals surface area contributed by atoms with Crippen molar-refractivity contribution in [2.75, 3.05) is 0 Å². The quantitative estimate of drug-likeness (QED) is 0.498. The van der Waals surface area contributed by atoms with Gasteiger partial charge in [0, 0.05) is 6.42 Å². The predicted molar refractivity (Wildman–Crippen MR) is 103 cm³/mol. The van der Waals surface area contributed by atoms with Crippen LogP contribution in [0.1, 0.15) is 18.1 Å². The molecule has 0 aromatic heterocycles. The Kier molecular flexibility index (Phi) is 7.75. The lowest BCUT2D eigenvalue weighted by Gasteiger charge is -2.22. The van der Waals surface area contributed by atoms with Crippen LogP contribution in [0.2, 0.25) is 0 Å². The molecule has 0 aliphatic carbocycles. The molecule has 0 spiro atoms. The summed E-state index contributed by atoms with van der Waals surface area (Å²) < 4.78 is 16.8. The van der Waals surface area contributed by atoms with Crippen LogP contribution >= 0.6 is 7.60 Å². The van der Waals surface area contributed by atoms with Gasteiger partial charge in [0.2, 0.25) is 5.91 Å². The number of hydrogen-bond acceptors (Lipinski definition) is 4. The highest BCUT2D eigenvalue weighted by atomic mass is 31.2. The second-order valence-electron chi connectivity index (χ2n) is 6.23. The van der Waals surface area contributed by atoms with E-state index in [0.29, 0.717) is 5.56 Å². The molecule has 0 heterocycles. The minimum absolute atomic E-state index is 0.0397. The number of benzene rings is 2. The minimum atomic E-state index is -4.60. The second kappa shape index (κ2) is 10.0. The molecule has 0 aliphatic rings. The highest BCUT2D eigenvalue weighted by molar-refractivity contribution is 7.52. The lowest BCUT2D eigenvalue weighted by molar-refractivity contribution is -0.123. The Bertz CT molecular complexity index is 825. The SMILES string of the molecule is CC(NC(=O)OCc1ccccc1)C(=O)NC(Cc1ccccc1)P(=O)(O)O. The maximum absolute atomic E-state index is 12.3. The molecule has 2 rings (SSSR count). The van der Waals surface area contributed by atoms with E-state index in [-0.39, 0.29) is 13.0 Å². The Labute approximate surface area is 163 Å². The number of nitrogens with one attached hydrogen (secondary N) is 2. The molecule has 2 atom stereocenters. The third-order valence-corrected chi connectivity index (χ3v) is 5.05. The highest BCUT2D eigenvalue weighted by Gasteiger charge is 2.32. The number of alkyl carbamates (subject to hydrolysis) is 1. The van der Waals surface area contributed by atoms with E-state index in [9.17, 15) is 23.9 Å². The molecular formula is C19H23N2O6P. The lowest BCUT2D eigenvalue weighted by atomic mass is 10.1. The van der Waals surface area contributed by atoms with Gasteiger partial charge in [0.1, 0.15) is 18.4 Å².